The number of carbonyl (C=O) groups excluding carboxylic acids is 2. The van der Waals surface area contributed by atoms with Gasteiger partial charge in [-0.3, -0.25) is 15.5 Å². The zero-order valence-electron chi connectivity index (χ0n) is 21.3. The normalized spacial score (nSPS) is 13.0. The van der Waals surface area contributed by atoms with Crippen molar-refractivity contribution in [3.05, 3.63) is 75.9 Å². The van der Waals surface area contributed by atoms with Gasteiger partial charge in [0.15, 0.2) is 6.54 Å². The van der Waals surface area contributed by atoms with Gasteiger partial charge in [-0.1, -0.05) is 36.4 Å². The van der Waals surface area contributed by atoms with E-state index in [0.29, 0.717) is 28.4 Å². The topological polar surface area (TPSA) is 113 Å². The third-order valence-electron chi connectivity index (χ3n) is 6.40. The predicted molar refractivity (Wildman–Crippen MR) is 145 cm³/mol. The maximum atomic E-state index is 14.2. The van der Waals surface area contributed by atoms with E-state index in [0.717, 1.165) is 42.0 Å². The number of nitriles is 1. The molecule has 1 aromatic heterocycles. The molecule has 3 aromatic rings. The lowest BCUT2D eigenvalue weighted by Crippen LogP contribution is -2.66. The van der Waals surface area contributed by atoms with Crippen molar-refractivity contribution >= 4 is 39.0 Å². The molecule has 1 amide bonds. The second-order valence-corrected chi connectivity index (χ2v) is 9.96. The third kappa shape index (κ3) is 5.77. The summed E-state index contributed by atoms with van der Waals surface area (Å²) >= 11 is 1.54. The molecule has 0 spiro atoms. The van der Waals surface area contributed by atoms with Gasteiger partial charge >= 0.3 is 5.97 Å². The predicted octanol–water partition coefficient (Wildman–Crippen LogP) is 3.38. The molecule has 4 N–H and O–H groups in total. The lowest BCUT2D eigenvalue weighted by atomic mass is 9.96. The van der Waals surface area contributed by atoms with Gasteiger partial charge in [0.25, 0.3) is 5.91 Å². The number of nitrogens with zero attached hydrogens (tertiary/aromatic N) is 3. The fraction of sp³-hybridized carbons (Fsp3) is 0.321. The van der Waals surface area contributed by atoms with Crippen LogP contribution in [-0.4, -0.2) is 43.6 Å². The quantitative estimate of drug-likeness (QED) is 0.332. The molecule has 192 valence electrons. The number of quaternary nitrogens is 1. The summed E-state index contributed by atoms with van der Waals surface area (Å²) in [5.41, 5.74) is 2.90. The van der Waals surface area contributed by atoms with Crippen molar-refractivity contribution in [2.45, 2.75) is 32.6 Å². The highest BCUT2D eigenvalue weighted by atomic mass is 32.1. The molecule has 0 radical (unpaired) electrons. The number of anilines is 1. The Morgan fingerprint density at radius 1 is 1.16 bits per heavy atom. The SMILES string of the molecule is CCOC(=O)CN([NH3+])/C=C(/CN(C(=O)c1cccc2ccccc12)c1sc2c(c1C#N)CCCC2)NC. The standard InChI is InChI=1S/C28H31N5O3S/c1-3-36-26(34)18-32(30)16-20(31-2)17-33(28-24(15-29)22-12-6-7-14-25(22)37-28)27(35)23-13-8-10-19-9-4-5-11-21(19)23/h4-5,8-11,13,16,31H,3,6-7,12,14,17-18,30H2,1-2H3/p+1/b20-16-. The van der Waals surface area contributed by atoms with Gasteiger partial charge in [-0.05, 0) is 55.0 Å². The maximum absolute atomic E-state index is 14.2. The third-order valence-corrected chi connectivity index (χ3v) is 7.72. The molecule has 0 atom stereocenters. The van der Waals surface area contributed by atoms with Crippen molar-refractivity contribution < 1.29 is 20.2 Å². The molecule has 1 heterocycles. The van der Waals surface area contributed by atoms with E-state index in [2.05, 4.69) is 17.2 Å². The molecule has 37 heavy (non-hydrogen) atoms. The summed E-state index contributed by atoms with van der Waals surface area (Å²) in [4.78, 5) is 29.0. The van der Waals surface area contributed by atoms with Crippen LogP contribution in [0.25, 0.3) is 10.8 Å². The zero-order chi connectivity index (χ0) is 26.4. The van der Waals surface area contributed by atoms with E-state index in [1.165, 1.54) is 21.2 Å². The molecule has 0 fully saturated rings. The minimum atomic E-state index is -0.384. The maximum Gasteiger partial charge on any atom is 0.331 e. The number of esters is 1. The summed E-state index contributed by atoms with van der Waals surface area (Å²) in [7, 11) is 1.76. The first-order valence-electron chi connectivity index (χ1n) is 12.4. The largest absolute Gasteiger partial charge is 0.465 e. The van der Waals surface area contributed by atoms with Gasteiger partial charge in [0, 0.05) is 17.5 Å². The van der Waals surface area contributed by atoms with E-state index in [9.17, 15) is 14.9 Å². The van der Waals surface area contributed by atoms with Crippen molar-refractivity contribution in [1.82, 2.24) is 10.3 Å². The van der Waals surface area contributed by atoms with Crippen LogP contribution in [0.15, 0.2) is 54.4 Å². The van der Waals surface area contributed by atoms with E-state index in [-0.39, 0.29) is 25.0 Å². The Hall–Kier alpha value is -3.87. The Morgan fingerprint density at radius 3 is 2.68 bits per heavy atom. The summed E-state index contributed by atoms with van der Waals surface area (Å²) < 4.78 is 5.02. The van der Waals surface area contributed by atoms with Crippen LogP contribution in [0, 0.1) is 11.3 Å². The first-order chi connectivity index (χ1) is 18.0. The molecular formula is C28H32N5O3S+. The Kier molecular flexibility index (Phi) is 8.43. The fourth-order valence-electron chi connectivity index (χ4n) is 4.64. The number of rotatable bonds is 9. The molecule has 8 nitrogen and oxygen atoms in total. The smallest absolute Gasteiger partial charge is 0.331 e. The summed E-state index contributed by atoms with van der Waals surface area (Å²) in [6, 6.07) is 15.9. The average molecular weight is 519 g/mol. The number of amides is 1. The van der Waals surface area contributed by atoms with Gasteiger partial charge in [0.05, 0.1) is 30.6 Å². The number of carbonyl (C=O) groups is 2. The van der Waals surface area contributed by atoms with E-state index in [1.54, 1.807) is 25.1 Å². The number of nitrogens with one attached hydrogen (secondary N) is 1. The average Bonchev–Trinajstić information content (AvgIpc) is 3.28. The van der Waals surface area contributed by atoms with Crippen LogP contribution in [0.2, 0.25) is 0 Å². The van der Waals surface area contributed by atoms with E-state index in [1.807, 2.05) is 42.5 Å². The fourth-order valence-corrected chi connectivity index (χ4v) is 5.98. The number of hydrogen-bond acceptors (Lipinski definition) is 7. The number of ether oxygens (including phenoxy) is 1. The van der Waals surface area contributed by atoms with Gasteiger partial charge in [-0.25, -0.2) is 9.80 Å². The summed E-state index contributed by atoms with van der Waals surface area (Å²) in [5.74, 6) is 3.35. The molecule has 1 aliphatic rings. The number of likely N-dealkylation sites (N-methyl/N-ethyl adjacent to an activating group) is 1. The van der Waals surface area contributed by atoms with Gasteiger partial charge < -0.3 is 10.1 Å². The molecule has 4 rings (SSSR count). The van der Waals surface area contributed by atoms with E-state index >= 15 is 0 Å². The number of benzene rings is 2. The van der Waals surface area contributed by atoms with Crippen molar-refractivity contribution in [3.63, 3.8) is 0 Å². The highest BCUT2D eigenvalue weighted by molar-refractivity contribution is 7.16. The van der Waals surface area contributed by atoms with Gasteiger partial charge in [0.1, 0.15) is 11.1 Å². The summed E-state index contributed by atoms with van der Waals surface area (Å²) in [6.07, 6.45) is 5.60. The highest BCUT2D eigenvalue weighted by Gasteiger charge is 2.29. The van der Waals surface area contributed by atoms with Crippen molar-refractivity contribution in [1.29, 1.82) is 5.26 Å². The highest BCUT2D eigenvalue weighted by Crippen LogP contribution is 2.40. The summed E-state index contributed by atoms with van der Waals surface area (Å²) in [6.45, 7) is 2.21. The van der Waals surface area contributed by atoms with Crippen LogP contribution < -0.4 is 16.1 Å². The van der Waals surface area contributed by atoms with Crippen LogP contribution in [0.4, 0.5) is 5.00 Å². The van der Waals surface area contributed by atoms with E-state index in [4.69, 9.17) is 4.74 Å². The Bertz CT molecular complexity index is 1370. The van der Waals surface area contributed by atoms with Gasteiger partial charge in [0.2, 0.25) is 0 Å². The monoisotopic (exact) mass is 518 g/mol. The van der Waals surface area contributed by atoms with Crippen molar-refractivity contribution in [2.75, 3.05) is 31.6 Å². The number of fused-ring (bicyclic) bond motifs is 2. The molecular weight excluding hydrogens is 486 g/mol. The van der Waals surface area contributed by atoms with Crippen molar-refractivity contribution in [2.24, 2.45) is 0 Å². The number of thiophene rings is 1. The first-order valence-corrected chi connectivity index (χ1v) is 13.2. The molecule has 0 bridgehead atoms. The molecule has 9 heteroatoms. The van der Waals surface area contributed by atoms with Gasteiger partial charge in [-0.15, -0.1) is 11.3 Å². The van der Waals surface area contributed by atoms with Crippen molar-refractivity contribution in [3.8, 4) is 6.07 Å². The van der Waals surface area contributed by atoms with Crippen LogP contribution in [0.1, 0.15) is 46.1 Å². The zero-order valence-corrected chi connectivity index (χ0v) is 22.1. The Morgan fingerprint density at radius 2 is 1.92 bits per heavy atom. The molecule has 0 unspecified atom stereocenters. The van der Waals surface area contributed by atoms with Crippen LogP contribution in [0.3, 0.4) is 0 Å². The lowest BCUT2D eigenvalue weighted by molar-refractivity contribution is -0.552. The van der Waals surface area contributed by atoms with Crippen LogP contribution >= 0.6 is 11.3 Å². The van der Waals surface area contributed by atoms with Crippen LogP contribution in [-0.2, 0) is 22.4 Å². The molecule has 2 aromatic carbocycles. The van der Waals surface area contributed by atoms with Gasteiger partial charge in [-0.2, -0.15) is 5.26 Å². The molecule has 1 aliphatic carbocycles. The van der Waals surface area contributed by atoms with E-state index < -0.39 is 0 Å². The molecule has 0 saturated heterocycles. The minimum absolute atomic E-state index is 0.0208. The summed E-state index contributed by atoms with van der Waals surface area (Å²) in [5, 5.41) is 17.3. The molecule has 0 aliphatic heterocycles. The minimum Gasteiger partial charge on any atom is -0.465 e. The first kappa shape index (κ1) is 26.2. The molecule has 0 saturated carbocycles. The second-order valence-electron chi connectivity index (χ2n) is 8.88. The Labute approximate surface area is 220 Å². The lowest BCUT2D eigenvalue weighted by Gasteiger charge is -2.24. The number of aryl methyl sites for hydroxylation is 1. The Balaban J connectivity index is 1.77. The number of hydrogen-bond donors (Lipinski definition) is 2. The second kappa shape index (κ2) is 11.9. The van der Waals surface area contributed by atoms with Crippen LogP contribution in [0.5, 0.6) is 0 Å².